The van der Waals surface area contributed by atoms with Gasteiger partial charge in [-0.3, -0.25) is 4.90 Å². The van der Waals surface area contributed by atoms with E-state index in [0.717, 1.165) is 31.6 Å². The SMILES string of the molecule is C[C@H]1C2Cc3cc(O)ccc3[C@@]1(C)CCN2CCc1ccc(N)cc1.Cl. The molecule has 0 radical (unpaired) electrons. The van der Waals surface area contributed by atoms with Gasteiger partial charge in [0.25, 0.3) is 0 Å². The Morgan fingerprint density at radius 2 is 1.92 bits per heavy atom. The van der Waals surface area contributed by atoms with Gasteiger partial charge in [0.1, 0.15) is 5.75 Å². The number of aromatic hydroxyl groups is 1. The van der Waals surface area contributed by atoms with Crippen molar-refractivity contribution < 1.29 is 5.11 Å². The minimum Gasteiger partial charge on any atom is -0.508 e. The van der Waals surface area contributed by atoms with Crippen LogP contribution in [0.1, 0.15) is 37.0 Å². The van der Waals surface area contributed by atoms with Crippen molar-refractivity contribution in [3.8, 4) is 5.75 Å². The molecule has 1 fully saturated rings. The second-order valence-corrected chi connectivity index (χ2v) is 8.10. The third kappa shape index (κ3) is 3.19. The van der Waals surface area contributed by atoms with Crippen LogP contribution in [0.3, 0.4) is 0 Å². The minimum atomic E-state index is 0. The number of phenols is 1. The molecular weight excluding hydrogens is 344 g/mol. The lowest BCUT2D eigenvalue weighted by molar-refractivity contribution is 0.0323. The van der Waals surface area contributed by atoms with Gasteiger partial charge in [-0.2, -0.15) is 0 Å². The van der Waals surface area contributed by atoms with Crippen molar-refractivity contribution in [3.05, 3.63) is 59.2 Å². The average Bonchev–Trinajstić information content (AvgIpc) is 2.58. The molecule has 4 rings (SSSR count). The van der Waals surface area contributed by atoms with Gasteiger partial charge < -0.3 is 10.8 Å². The molecule has 2 aromatic rings. The van der Waals surface area contributed by atoms with Crippen molar-refractivity contribution in [2.24, 2.45) is 5.92 Å². The summed E-state index contributed by atoms with van der Waals surface area (Å²) in [5.41, 5.74) is 11.0. The number of anilines is 1. The summed E-state index contributed by atoms with van der Waals surface area (Å²) >= 11 is 0. The number of nitrogens with zero attached hydrogens (tertiary/aromatic N) is 1. The molecule has 1 aliphatic carbocycles. The summed E-state index contributed by atoms with van der Waals surface area (Å²) in [4.78, 5) is 2.66. The van der Waals surface area contributed by atoms with Crippen LogP contribution in [-0.2, 0) is 18.3 Å². The summed E-state index contributed by atoms with van der Waals surface area (Å²) in [5.74, 6) is 1.02. The number of rotatable bonds is 3. The molecule has 2 bridgehead atoms. The van der Waals surface area contributed by atoms with E-state index in [4.69, 9.17) is 5.73 Å². The van der Waals surface area contributed by atoms with Crippen molar-refractivity contribution in [2.75, 3.05) is 18.8 Å². The molecular formula is C22H29ClN2O. The van der Waals surface area contributed by atoms with Gasteiger partial charge in [-0.25, -0.2) is 0 Å². The third-order valence-electron chi connectivity index (χ3n) is 6.77. The number of nitrogen functional groups attached to an aromatic ring is 1. The molecule has 3 atom stereocenters. The van der Waals surface area contributed by atoms with E-state index in [1.165, 1.54) is 23.1 Å². The van der Waals surface area contributed by atoms with Gasteiger partial charge in [0.05, 0.1) is 0 Å². The first-order valence-electron chi connectivity index (χ1n) is 9.38. The molecule has 0 amide bonds. The van der Waals surface area contributed by atoms with E-state index in [2.05, 4.69) is 36.9 Å². The molecule has 26 heavy (non-hydrogen) atoms. The Labute approximate surface area is 162 Å². The maximum absolute atomic E-state index is 9.92. The number of piperidine rings is 1. The molecule has 3 nitrogen and oxygen atoms in total. The number of hydrogen-bond acceptors (Lipinski definition) is 3. The fraction of sp³-hybridized carbons (Fsp3) is 0.455. The Balaban J connectivity index is 0.00000196. The van der Waals surface area contributed by atoms with E-state index in [-0.39, 0.29) is 17.8 Å². The summed E-state index contributed by atoms with van der Waals surface area (Å²) in [6.07, 6.45) is 3.29. The zero-order valence-electron chi connectivity index (χ0n) is 15.6. The lowest BCUT2D eigenvalue weighted by Gasteiger charge is -2.54. The van der Waals surface area contributed by atoms with Crippen LogP contribution in [0.4, 0.5) is 5.69 Å². The lowest BCUT2D eigenvalue weighted by Crippen LogP contribution is -2.58. The zero-order chi connectivity index (χ0) is 17.6. The van der Waals surface area contributed by atoms with Gasteiger partial charge in [-0.15, -0.1) is 12.4 Å². The van der Waals surface area contributed by atoms with Gasteiger partial charge >= 0.3 is 0 Å². The predicted octanol–water partition coefficient (Wildman–Crippen LogP) is 4.16. The number of phenolic OH excluding ortho intramolecular Hbond substituents is 1. The van der Waals surface area contributed by atoms with Crippen molar-refractivity contribution in [3.63, 3.8) is 0 Å². The van der Waals surface area contributed by atoms with Crippen LogP contribution >= 0.6 is 12.4 Å². The smallest absolute Gasteiger partial charge is 0.115 e. The molecule has 1 heterocycles. The van der Waals surface area contributed by atoms with Crippen LogP contribution in [0.15, 0.2) is 42.5 Å². The van der Waals surface area contributed by atoms with Crippen LogP contribution in [0, 0.1) is 5.92 Å². The second kappa shape index (κ2) is 7.13. The molecule has 0 spiro atoms. The lowest BCUT2D eigenvalue weighted by atomic mass is 9.59. The van der Waals surface area contributed by atoms with Crippen molar-refractivity contribution in [1.82, 2.24) is 4.90 Å². The highest BCUT2D eigenvalue weighted by Crippen LogP contribution is 2.49. The zero-order valence-corrected chi connectivity index (χ0v) is 16.4. The van der Waals surface area contributed by atoms with Crippen molar-refractivity contribution in [1.29, 1.82) is 0 Å². The van der Waals surface area contributed by atoms with Gasteiger partial charge in [0.15, 0.2) is 0 Å². The van der Waals surface area contributed by atoms with Gasteiger partial charge in [-0.05, 0) is 78.1 Å². The number of halogens is 1. The molecule has 1 aliphatic heterocycles. The van der Waals surface area contributed by atoms with Crippen LogP contribution in [-0.4, -0.2) is 29.1 Å². The standard InChI is InChI=1S/C22H28N2O.ClH/c1-15-21-14-17-13-19(25)7-8-20(17)22(15,2)10-12-24(21)11-9-16-3-5-18(23)6-4-16;/h3-8,13,15,21,25H,9-12,14,23H2,1-2H3;1H/t15-,21?,22-;/m0./s1. The van der Waals surface area contributed by atoms with E-state index in [1.807, 2.05) is 24.3 Å². The largest absolute Gasteiger partial charge is 0.508 e. The van der Waals surface area contributed by atoms with E-state index in [1.54, 1.807) is 0 Å². The molecule has 2 aromatic carbocycles. The van der Waals surface area contributed by atoms with Crippen LogP contribution in [0.5, 0.6) is 5.75 Å². The summed E-state index contributed by atoms with van der Waals surface area (Å²) in [7, 11) is 0. The summed E-state index contributed by atoms with van der Waals surface area (Å²) < 4.78 is 0. The first kappa shape index (κ1) is 19.1. The third-order valence-corrected chi connectivity index (χ3v) is 6.77. The molecule has 1 saturated heterocycles. The van der Waals surface area contributed by atoms with E-state index < -0.39 is 0 Å². The van der Waals surface area contributed by atoms with Gasteiger partial charge in [0, 0.05) is 18.3 Å². The minimum absolute atomic E-state index is 0. The number of fused-ring (bicyclic) bond motifs is 4. The van der Waals surface area contributed by atoms with Gasteiger partial charge in [0.2, 0.25) is 0 Å². The summed E-state index contributed by atoms with van der Waals surface area (Å²) in [6, 6.07) is 14.8. The highest BCUT2D eigenvalue weighted by molar-refractivity contribution is 5.85. The van der Waals surface area contributed by atoms with E-state index in [9.17, 15) is 5.11 Å². The highest BCUT2D eigenvalue weighted by Gasteiger charge is 2.48. The summed E-state index contributed by atoms with van der Waals surface area (Å²) in [6.45, 7) is 7.07. The molecule has 0 aromatic heterocycles. The Hall–Kier alpha value is -1.71. The Kier molecular flexibility index (Phi) is 5.23. The van der Waals surface area contributed by atoms with Crippen LogP contribution in [0.25, 0.3) is 0 Å². The number of nitrogens with two attached hydrogens (primary N) is 1. The predicted molar refractivity (Wildman–Crippen MR) is 110 cm³/mol. The Morgan fingerprint density at radius 1 is 1.19 bits per heavy atom. The fourth-order valence-corrected chi connectivity index (χ4v) is 4.96. The Morgan fingerprint density at radius 3 is 2.65 bits per heavy atom. The quantitative estimate of drug-likeness (QED) is 0.795. The molecule has 140 valence electrons. The summed E-state index contributed by atoms with van der Waals surface area (Å²) in [5, 5.41) is 9.92. The van der Waals surface area contributed by atoms with Crippen LogP contribution in [0.2, 0.25) is 0 Å². The Bertz CT molecular complexity index is 776. The van der Waals surface area contributed by atoms with Crippen molar-refractivity contribution in [2.45, 2.75) is 44.6 Å². The second-order valence-electron chi connectivity index (χ2n) is 8.10. The van der Waals surface area contributed by atoms with Gasteiger partial charge in [-0.1, -0.05) is 32.0 Å². The number of likely N-dealkylation sites (tertiary alicyclic amines) is 1. The monoisotopic (exact) mass is 372 g/mol. The molecule has 1 unspecified atom stereocenters. The number of benzene rings is 2. The molecule has 3 N–H and O–H groups in total. The molecule has 2 aliphatic rings. The molecule has 0 saturated carbocycles. The molecule has 4 heteroatoms. The number of hydrogen-bond donors (Lipinski definition) is 2. The maximum Gasteiger partial charge on any atom is 0.115 e. The fourth-order valence-electron chi connectivity index (χ4n) is 4.96. The first-order chi connectivity index (χ1) is 12.0. The van der Waals surface area contributed by atoms with E-state index in [0.29, 0.717) is 17.7 Å². The topological polar surface area (TPSA) is 49.5 Å². The maximum atomic E-state index is 9.92. The van der Waals surface area contributed by atoms with Crippen molar-refractivity contribution >= 4 is 18.1 Å². The van der Waals surface area contributed by atoms with Crippen LogP contribution < -0.4 is 5.73 Å². The van der Waals surface area contributed by atoms with E-state index >= 15 is 0 Å². The average molecular weight is 373 g/mol. The highest BCUT2D eigenvalue weighted by atomic mass is 35.5. The first-order valence-corrected chi connectivity index (χ1v) is 9.38. The normalized spacial score (nSPS) is 27.5.